The Kier molecular flexibility index (Phi) is 5.66. The molecule has 0 bridgehead atoms. The van der Waals surface area contributed by atoms with Crippen LogP contribution in [0.25, 0.3) is 11.1 Å². The van der Waals surface area contributed by atoms with Gasteiger partial charge in [-0.3, -0.25) is 0 Å². The van der Waals surface area contributed by atoms with Crippen LogP contribution in [-0.4, -0.2) is 16.8 Å². The largest absolute Gasteiger partial charge is 0.241 e. The topological polar surface area (TPSA) is 106 Å². The van der Waals surface area contributed by atoms with Gasteiger partial charge in [0.15, 0.2) is 0 Å². The molecule has 0 aliphatic carbocycles. The fraction of sp³-hybridized carbons (Fsp3) is 0.100. The zero-order valence-electron chi connectivity index (χ0n) is 15.1. The average molecular weight is 417 g/mol. The summed E-state index contributed by atoms with van der Waals surface area (Å²) in [6.07, 6.45) is 0. The summed E-state index contributed by atoms with van der Waals surface area (Å²) in [4.78, 5) is -0.177. The van der Waals surface area contributed by atoms with Crippen molar-refractivity contribution in [2.24, 2.45) is 5.14 Å². The Morgan fingerprint density at radius 3 is 1.75 bits per heavy atom. The van der Waals surface area contributed by atoms with Gasteiger partial charge in [-0.05, 0) is 47.9 Å². The lowest BCUT2D eigenvalue weighted by Crippen LogP contribution is -2.27. The predicted molar refractivity (Wildman–Crippen MR) is 108 cm³/mol. The van der Waals surface area contributed by atoms with Crippen LogP contribution in [0.5, 0.6) is 0 Å². The number of sulfonamides is 2. The van der Waals surface area contributed by atoms with Gasteiger partial charge in [0.2, 0.25) is 20.0 Å². The zero-order chi connectivity index (χ0) is 20.4. The number of nitrogens with two attached hydrogens (primary N) is 1. The Hall–Kier alpha value is -2.52. The maximum Gasteiger partial charge on any atom is 0.241 e. The second-order valence-corrected chi connectivity index (χ2v) is 9.62. The molecule has 146 valence electrons. The van der Waals surface area contributed by atoms with Crippen molar-refractivity contribution in [3.63, 3.8) is 0 Å². The van der Waals surface area contributed by atoms with Gasteiger partial charge >= 0.3 is 0 Å². The molecule has 1 unspecified atom stereocenters. The van der Waals surface area contributed by atoms with E-state index < -0.39 is 26.1 Å². The van der Waals surface area contributed by atoms with Crippen molar-refractivity contribution in [3.05, 3.63) is 84.4 Å². The second kappa shape index (κ2) is 7.84. The highest BCUT2D eigenvalue weighted by atomic mass is 32.2. The van der Waals surface area contributed by atoms with Gasteiger partial charge in [-0.1, -0.05) is 54.6 Å². The van der Waals surface area contributed by atoms with Gasteiger partial charge in [0.25, 0.3) is 0 Å². The third-order valence-corrected chi connectivity index (χ3v) is 6.80. The van der Waals surface area contributed by atoms with Crippen LogP contribution < -0.4 is 9.86 Å². The molecule has 0 saturated carbocycles. The summed E-state index contributed by atoms with van der Waals surface area (Å²) in [5.41, 5.74) is 2.93. The third-order valence-electron chi connectivity index (χ3n) is 4.31. The van der Waals surface area contributed by atoms with E-state index in [0.29, 0.717) is 0 Å². The van der Waals surface area contributed by atoms with Crippen molar-refractivity contribution in [3.8, 4) is 11.1 Å². The monoisotopic (exact) mass is 416 g/mol. The van der Waals surface area contributed by atoms with Gasteiger partial charge in [0.05, 0.1) is 9.79 Å². The van der Waals surface area contributed by atoms with Crippen molar-refractivity contribution in [2.75, 3.05) is 0 Å². The van der Waals surface area contributed by atoms with E-state index in [2.05, 4.69) is 4.72 Å². The van der Waals surface area contributed by atoms with Crippen LogP contribution in [0.2, 0.25) is 0 Å². The quantitative estimate of drug-likeness (QED) is 0.644. The van der Waals surface area contributed by atoms with Crippen molar-refractivity contribution in [1.29, 1.82) is 0 Å². The average Bonchev–Trinajstić information content (AvgIpc) is 2.68. The highest BCUT2D eigenvalue weighted by Crippen LogP contribution is 2.23. The standard InChI is InChI=1S/C20H20N2O4S2/c1-15(16-7-9-18(10-8-16)17-5-3-2-4-6-17)22-28(25,26)20-13-11-19(12-14-20)27(21,23)24/h2-15,22H,1H3,(H2,21,23,24). The minimum atomic E-state index is -3.87. The molecule has 3 rings (SSSR count). The molecule has 0 spiro atoms. The molecule has 3 aromatic rings. The van der Waals surface area contributed by atoms with Gasteiger partial charge < -0.3 is 0 Å². The fourth-order valence-corrected chi connectivity index (χ4v) is 4.52. The molecule has 1 atom stereocenters. The summed E-state index contributed by atoms with van der Waals surface area (Å²) in [5.74, 6) is 0. The molecule has 0 radical (unpaired) electrons. The molecule has 3 N–H and O–H groups in total. The number of nitrogens with one attached hydrogen (secondary N) is 1. The Labute approximate surface area is 165 Å². The normalized spacial score (nSPS) is 13.2. The van der Waals surface area contributed by atoms with Gasteiger partial charge in [-0.25, -0.2) is 26.7 Å². The zero-order valence-corrected chi connectivity index (χ0v) is 16.7. The molecule has 0 aliphatic heterocycles. The van der Waals surface area contributed by atoms with E-state index in [0.717, 1.165) is 16.7 Å². The molecular formula is C20H20N2O4S2. The molecule has 28 heavy (non-hydrogen) atoms. The molecule has 0 aromatic heterocycles. The van der Waals surface area contributed by atoms with E-state index in [4.69, 9.17) is 5.14 Å². The maximum absolute atomic E-state index is 12.6. The van der Waals surface area contributed by atoms with E-state index in [9.17, 15) is 16.8 Å². The van der Waals surface area contributed by atoms with E-state index in [1.54, 1.807) is 6.92 Å². The number of hydrogen-bond acceptors (Lipinski definition) is 4. The Morgan fingerprint density at radius 2 is 1.21 bits per heavy atom. The third kappa shape index (κ3) is 4.66. The van der Waals surface area contributed by atoms with Crippen LogP contribution in [-0.2, 0) is 20.0 Å². The van der Waals surface area contributed by atoms with Crippen molar-refractivity contribution in [2.45, 2.75) is 22.8 Å². The summed E-state index contributed by atoms with van der Waals surface area (Å²) in [6, 6.07) is 21.8. The second-order valence-electron chi connectivity index (χ2n) is 6.35. The number of hydrogen-bond donors (Lipinski definition) is 2. The lowest BCUT2D eigenvalue weighted by molar-refractivity contribution is 0.566. The van der Waals surface area contributed by atoms with Crippen LogP contribution >= 0.6 is 0 Å². The Bertz CT molecular complexity index is 1160. The van der Waals surface area contributed by atoms with Crippen molar-refractivity contribution < 1.29 is 16.8 Å². The van der Waals surface area contributed by atoms with Gasteiger partial charge in [0, 0.05) is 6.04 Å². The number of primary sulfonamides is 1. The summed E-state index contributed by atoms with van der Waals surface area (Å²) in [7, 11) is -7.69. The lowest BCUT2D eigenvalue weighted by atomic mass is 10.0. The van der Waals surface area contributed by atoms with E-state index in [-0.39, 0.29) is 9.79 Å². The summed E-state index contributed by atoms with van der Waals surface area (Å²) in [5, 5.41) is 5.03. The van der Waals surface area contributed by atoms with Crippen LogP contribution in [0.1, 0.15) is 18.5 Å². The summed E-state index contributed by atoms with van der Waals surface area (Å²) < 4.78 is 50.3. The van der Waals surface area contributed by atoms with Crippen LogP contribution in [0.15, 0.2) is 88.7 Å². The fourth-order valence-electron chi connectivity index (χ4n) is 2.77. The SMILES string of the molecule is CC(NS(=O)(=O)c1ccc(S(N)(=O)=O)cc1)c1ccc(-c2ccccc2)cc1. The number of benzene rings is 3. The van der Waals surface area contributed by atoms with Crippen molar-refractivity contribution in [1.82, 2.24) is 4.72 Å². The first-order valence-corrected chi connectivity index (χ1v) is 11.5. The predicted octanol–water partition coefficient (Wildman–Crippen LogP) is 3.04. The van der Waals surface area contributed by atoms with Crippen molar-refractivity contribution >= 4 is 20.0 Å². The summed E-state index contributed by atoms with van der Waals surface area (Å²) >= 11 is 0. The molecular weight excluding hydrogens is 396 g/mol. The molecule has 0 aliphatic rings. The van der Waals surface area contributed by atoms with Gasteiger partial charge in [-0.2, -0.15) is 0 Å². The number of rotatable bonds is 6. The van der Waals surface area contributed by atoms with E-state index >= 15 is 0 Å². The first-order valence-electron chi connectivity index (χ1n) is 8.47. The Morgan fingerprint density at radius 1 is 0.714 bits per heavy atom. The molecule has 6 nitrogen and oxygen atoms in total. The smallest absolute Gasteiger partial charge is 0.225 e. The minimum absolute atomic E-state index is 0.0346. The van der Waals surface area contributed by atoms with Gasteiger partial charge in [-0.15, -0.1) is 0 Å². The minimum Gasteiger partial charge on any atom is -0.225 e. The lowest BCUT2D eigenvalue weighted by Gasteiger charge is -2.15. The maximum atomic E-state index is 12.6. The van der Waals surface area contributed by atoms with Gasteiger partial charge in [0.1, 0.15) is 0 Å². The molecule has 0 amide bonds. The molecule has 8 heteroatoms. The molecule has 0 fully saturated rings. The van der Waals surface area contributed by atoms with Crippen LogP contribution in [0.3, 0.4) is 0 Å². The van der Waals surface area contributed by atoms with Crippen LogP contribution in [0, 0.1) is 0 Å². The Balaban J connectivity index is 1.77. The molecule has 0 saturated heterocycles. The highest BCUT2D eigenvalue weighted by Gasteiger charge is 2.19. The molecule has 0 heterocycles. The molecule has 3 aromatic carbocycles. The van der Waals surface area contributed by atoms with Crippen LogP contribution in [0.4, 0.5) is 0 Å². The summed E-state index contributed by atoms with van der Waals surface area (Å²) in [6.45, 7) is 1.74. The first kappa shape index (κ1) is 20.2. The van der Waals surface area contributed by atoms with E-state index in [1.807, 2.05) is 54.6 Å². The first-order chi connectivity index (χ1) is 13.2. The van der Waals surface area contributed by atoms with E-state index in [1.165, 1.54) is 24.3 Å². The highest BCUT2D eigenvalue weighted by molar-refractivity contribution is 7.89.